The summed E-state index contributed by atoms with van der Waals surface area (Å²) in [4.78, 5) is 19.4. The number of benzene rings is 4. The van der Waals surface area contributed by atoms with Crippen molar-refractivity contribution in [1.82, 2.24) is 10.9 Å². The highest BCUT2D eigenvalue weighted by molar-refractivity contribution is 9.10. The Labute approximate surface area is 282 Å². The molecule has 0 spiro atoms. The van der Waals surface area contributed by atoms with Crippen molar-refractivity contribution in [2.75, 3.05) is 26.1 Å². The monoisotopic (exact) mass is 721 g/mol. The molecule has 3 N–H and O–H groups in total. The van der Waals surface area contributed by atoms with Gasteiger partial charge in [-0.15, -0.1) is 0 Å². The van der Waals surface area contributed by atoms with E-state index in [1.807, 2.05) is 48.5 Å². The van der Waals surface area contributed by atoms with E-state index in [9.17, 15) is 13.2 Å². The van der Waals surface area contributed by atoms with Crippen molar-refractivity contribution in [3.05, 3.63) is 124 Å². The number of carbonyl (C=O) groups excluding carboxylic acids is 1. The van der Waals surface area contributed by atoms with Gasteiger partial charge in [-0.05, 0) is 60.2 Å². The Balaban J connectivity index is 1.50. The summed E-state index contributed by atoms with van der Waals surface area (Å²) < 4.78 is 45.1. The third-order valence-corrected chi connectivity index (χ3v) is 10.2. The topological polar surface area (TPSA) is 136 Å². The van der Waals surface area contributed by atoms with E-state index < -0.39 is 27.4 Å². The minimum Gasteiger partial charge on any atom is -0.497 e. The van der Waals surface area contributed by atoms with Gasteiger partial charge in [-0.3, -0.25) is 10.2 Å². The van der Waals surface area contributed by atoms with Gasteiger partial charge in [-0.25, -0.2) is 18.8 Å². The quantitative estimate of drug-likeness (QED) is 0.113. The van der Waals surface area contributed by atoms with E-state index in [2.05, 4.69) is 26.8 Å². The summed E-state index contributed by atoms with van der Waals surface area (Å²) in [6.07, 6.45) is -0.637. The molecule has 1 amide bonds. The zero-order chi connectivity index (χ0) is 33.3. The molecule has 10 nitrogen and oxygen atoms in total. The number of aliphatic hydroxyl groups is 1. The van der Waals surface area contributed by atoms with Gasteiger partial charge in [0.2, 0.25) is 5.90 Å². The predicted octanol–water partition coefficient (Wildman–Crippen LogP) is 5.16. The van der Waals surface area contributed by atoms with E-state index in [0.717, 1.165) is 5.56 Å². The van der Waals surface area contributed by atoms with E-state index in [0.29, 0.717) is 46.7 Å². The predicted molar refractivity (Wildman–Crippen MR) is 182 cm³/mol. The van der Waals surface area contributed by atoms with Crippen molar-refractivity contribution < 1.29 is 32.5 Å². The van der Waals surface area contributed by atoms with Gasteiger partial charge in [0.25, 0.3) is 5.91 Å². The first kappa shape index (κ1) is 34.1. The second-order valence-corrected chi connectivity index (χ2v) is 13.8. The number of hydrogen-bond acceptors (Lipinski definition) is 9. The first-order valence-electron chi connectivity index (χ1n) is 15.0. The molecule has 0 bridgehead atoms. The molecule has 0 unspecified atom stereocenters. The van der Waals surface area contributed by atoms with Crippen molar-refractivity contribution in [2.24, 2.45) is 4.99 Å². The molecule has 5 rings (SSSR count). The minimum atomic E-state index is -3.79. The van der Waals surface area contributed by atoms with E-state index >= 15 is 0 Å². The standard InChI is InChI=1S/C35H36BrN3O7S/c1-44-27-16-12-25(13-17-27)24-37-39-34(41)35(20-23-47(42,43)29-8-3-2-4-9-29)32(30-10-5-6-11-31(30)36)46-33(38-35)26-14-18-28(19-15-26)45-22-7-21-40/h2-6,8-19,32,37,40H,7,20-24H2,1H3,(H,39,41)/t32-,35-/m0/s1. The number of aliphatic imine (C=N–C) groups is 1. The van der Waals surface area contributed by atoms with Crippen LogP contribution in [0.2, 0.25) is 0 Å². The number of nitrogens with one attached hydrogen (secondary N) is 2. The molecule has 0 saturated carbocycles. The summed E-state index contributed by atoms with van der Waals surface area (Å²) in [5, 5.41) is 9.06. The van der Waals surface area contributed by atoms with Crippen molar-refractivity contribution in [2.45, 2.75) is 35.9 Å². The molecular formula is C35H36BrN3O7S. The number of halogens is 1. The van der Waals surface area contributed by atoms with Gasteiger partial charge in [-0.1, -0.05) is 64.5 Å². The fourth-order valence-corrected chi connectivity index (χ4v) is 7.03. The van der Waals surface area contributed by atoms with Gasteiger partial charge in [0.1, 0.15) is 11.5 Å². The minimum absolute atomic E-state index is 0.0260. The number of hydrogen-bond donors (Lipinski definition) is 3. The summed E-state index contributed by atoms with van der Waals surface area (Å²) in [7, 11) is -2.20. The molecular weight excluding hydrogens is 686 g/mol. The van der Waals surface area contributed by atoms with Crippen LogP contribution in [0.1, 0.15) is 35.6 Å². The zero-order valence-electron chi connectivity index (χ0n) is 25.8. The molecule has 4 aromatic carbocycles. The second-order valence-electron chi connectivity index (χ2n) is 10.8. The normalized spacial score (nSPS) is 17.4. The smallest absolute Gasteiger partial charge is 0.266 e. The summed E-state index contributed by atoms with van der Waals surface area (Å²) >= 11 is 3.60. The number of aliphatic hydroxyl groups excluding tert-OH is 1. The van der Waals surface area contributed by atoms with Crippen LogP contribution in [0, 0.1) is 0 Å². The van der Waals surface area contributed by atoms with Crippen LogP contribution >= 0.6 is 15.9 Å². The first-order valence-corrected chi connectivity index (χ1v) is 17.5. The van der Waals surface area contributed by atoms with Crippen molar-refractivity contribution >= 4 is 37.6 Å². The van der Waals surface area contributed by atoms with Crippen LogP contribution in [-0.2, 0) is 25.9 Å². The number of methoxy groups -OCH3 is 1. The average Bonchev–Trinajstić information content (AvgIpc) is 3.49. The Kier molecular flexibility index (Phi) is 11.3. The number of amides is 1. The van der Waals surface area contributed by atoms with Gasteiger partial charge in [-0.2, -0.15) is 0 Å². The van der Waals surface area contributed by atoms with E-state index in [-0.39, 0.29) is 29.6 Å². The summed E-state index contributed by atoms with van der Waals surface area (Å²) in [5.41, 5.74) is 6.21. The van der Waals surface area contributed by atoms with Crippen molar-refractivity contribution in [3.63, 3.8) is 0 Å². The number of sulfone groups is 1. The third-order valence-electron chi connectivity index (χ3n) is 7.73. The van der Waals surface area contributed by atoms with Gasteiger partial charge in [0, 0.05) is 41.6 Å². The molecule has 246 valence electrons. The Hall–Kier alpha value is -4.23. The van der Waals surface area contributed by atoms with Crippen LogP contribution in [0.4, 0.5) is 0 Å². The maximum atomic E-state index is 14.4. The highest BCUT2D eigenvalue weighted by Gasteiger charge is 2.54. The van der Waals surface area contributed by atoms with E-state index in [1.54, 1.807) is 49.6 Å². The Morgan fingerprint density at radius 2 is 1.64 bits per heavy atom. The van der Waals surface area contributed by atoms with Gasteiger partial charge >= 0.3 is 0 Å². The molecule has 0 aliphatic carbocycles. The number of nitrogens with zero attached hydrogens (tertiary/aromatic N) is 1. The third kappa shape index (κ3) is 8.20. The molecule has 12 heteroatoms. The Bertz CT molecular complexity index is 1790. The SMILES string of the molecule is COc1ccc(CNNC(=O)[C@@]2(CCS(=O)(=O)c3ccccc3)N=C(c3ccc(OCCCO)cc3)O[C@H]2c2ccccc2Br)cc1. The molecule has 47 heavy (non-hydrogen) atoms. The van der Waals surface area contributed by atoms with Gasteiger partial charge in [0.05, 0.1) is 24.4 Å². The maximum absolute atomic E-state index is 14.4. The molecule has 2 atom stereocenters. The fourth-order valence-electron chi connectivity index (χ4n) is 5.15. The van der Waals surface area contributed by atoms with Crippen LogP contribution in [-0.4, -0.2) is 56.9 Å². The summed E-state index contributed by atoms with van der Waals surface area (Å²) in [5.74, 6) is 0.594. The molecule has 0 fully saturated rings. The van der Waals surface area contributed by atoms with Gasteiger partial charge < -0.3 is 19.3 Å². The highest BCUT2D eigenvalue weighted by atomic mass is 79.9. The molecule has 0 aromatic heterocycles. The van der Waals surface area contributed by atoms with Crippen LogP contribution < -0.4 is 20.3 Å². The van der Waals surface area contributed by atoms with Crippen molar-refractivity contribution in [3.8, 4) is 11.5 Å². The molecule has 0 saturated heterocycles. The fraction of sp³-hybridized carbons (Fsp3) is 0.257. The number of rotatable bonds is 15. The average molecular weight is 723 g/mol. The zero-order valence-corrected chi connectivity index (χ0v) is 28.2. The molecule has 1 aliphatic heterocycles. The lowest BCUT2D eigenvalue weighted by Crippen LogP contribution is -2.53. The number of carbonyl (C=O) groups is 1. The van der Waals surface area contributed by atoms with Crippen molar-refractivity contribution in [1.29, 1.82) is 0 Å². The molecule has 1 heterocycles. The lowest BCUT2D eigenvalue weighted by atomic mass is 9.85. The first-order chi connectivity index (χ1) is 22.8. The Morgan fingerprint density at radius 1 is 0.957 bits per heavy atom. The number of hydrazine groups is 1. The molecule has 4 aromatic rings. The van der Waals surface area contributed by atoms with Crippen LogP contribution in [0.3, 0.4) is 0 Å². The van der Waals surface area contributed by atoms with Crippen LogP contribution in [0.25, 0.3) is 0 Å². The number of ether oxygens (including phenoxy) is 3. The molecule has 1 aliphatic rings. The van der Waals surface area contributed by atoms with Gasteiger partial charge in [0.15, 0.2) is 21.5 Å². The highest BCUT2D eigenvalue weighted by Crippen LogP contribution is 2.45. The maximum Gasteiger partial charge on any atom is 0.266 e. The van der Waals surface area contributed by atoms with E-state index in [4.69, 9.17) is 24.3 Å². The lowest BCUT2D eigenvalue weighted by molar-refractivity contribution is -0.130. The van der Waals surface area contributed by atoms with E-state index in [1.165, 1.54) is 12.1 Å². The second kappa shape index (κ2) is 15.6. The largest absolute Gasteiger partial charge is 0.497 e. The summed E-state index contributed by atoms with van der Waals surface area (Å²) in [6, 6.07) is 29.9. The van der Waals surface area contributed by atoms with Crippen LogP contribution in [0.5, 0.6) is 11.5 Å². The Morgan fingerprint density at radius 3 is 2.32 bits per heavy atom. The lowest BCUT2D eigenvalue weighted by Gasteiger charge is -2.31. The van der Waals surface area contributed by atoms with Crippen LogP contribution in [0.15, 0.2) is 117 Å². The summed E-state index contributed by atoms with van der Waals surface area (Å²) in [6.45, 7) is 0.682. The molecule has 0 radical (unpaired) electrons.